The molecule has 0 saturated heterocycles. The molecule has 10 heteroatoms. The molecule has 0 heterocycles. The van der Waals surface area contributed by atoms with Crippen molar-refractivity contribution in [3.8, 4) is 0 Å². The number of nitrogens with zero attached hydrogens (tertiary/aromatic N) is 1. The minimum Gasteiger partial charge on any atom is -0.392 e. The van der Waals surface area contributed by atoms with Crippen molar-refractivity contribution in [3.05, 3.63) is 35.4 Å². The normalized spacial score (nSPS) is 12.5. The number of hydrogen-bond donors (Lipinski definition) is 1. The summed E-state index contributed by atoms with van der Waals surface area (Å²) in [4.78, 5) is -0.00732. The first-order valence-corrected chi connectivity index (χ1v) is 10.1. The lowest BCUT2D eigenvalue weighted by Crippen LogP contribution is -2.39. The predicted molar refractivity (Wildman–Crippen MR) is 98.2 cm³/mol. The number of benzene rings is 1. The highest BCUT2D eigenvalue weighted by Gasteiger charge is 2.31. The summed E-state index contributed by atoms with van der Waals surface area (Å²) in [5, 5.41) is 0. The average molecular weight is 412 g/mol. The molecule has 0 aromatic heterocycles. The van der Waals surface area contributed by atoms with E-state index in [-0.39, 0.29) is 23.6 Å². The molecule has 0 fully saturated rings. The Balaban J connectivity index is 2.86. The summed E-state index contributed by atoms with van der Waals surface area (Å²) in [7, 11) is -3.88. The lowest BCUT2D eigenvalue weighted by Gasteiger charge is -2.22. The second-order valence-corrected chi connectivity index (χ2v) is 8.21. The van der Waals surface area contributed by atoms with Gasteiger partial charge in [0.2, 0.25) is 10.0 Å². The molecule has 0 saturated carbocycles. The lowest BCUT2D eigenvalue weighted by molar-refractivity contribution is -0.137. The summed E-state index contributed by atoms with van der Waals surface area (Å²) >= 11 is 4.79. The van der Waals surface area contributed by atoms with Gasteiger partial charge in [-0.25, -0.2) is 8.42 Å². The minimum absolute atomic E-state index is 0.00732. The van der Waals surface area contributed by atoms with Crippen LogP contribution in [0.5, 0.6) is 0 Å². The third-order valence-electron chi connectivity index (χ3n) is 3.37. The topological polar surface area (TPSA) is 72.6 Å². The van der Waals surface area contributed by atoms with Crippen molar-refractivity contribution >= 4 is 27.2 Å². The Kier molecular flexibility index (Phi) is 8.94. The number of rotatable bonds is 11. The molecule has 0 atom stereocenters. The first-order valence-electron chi connectivity index (χ1n) is 8.06. The number of hydrogen-bond acceptors (Lipinski definition) is 4. The van der Waals surface area contributed by atoms with Gasteiger partial charge in [0.05, 0.1) is 22.8 Å². The van der Waals surface area contributed by atoms with E-state index >= 15 is 0 Å². The van der Waals surface area contributed by atoms with Crippen molar-refractivity contribution in [1.29, 1.82) is 0 Å². The highest BCUT2D eigenvalue weighted by atomic mass is 32.2. The van der Waals surface area contributed by atoms with E-state index in [4.69, 9.17) is 22.7 Å². The van der Waals surface area contributed by atoms with Crippen molar-refractivity contribution in [2.45, 2.75) is 31.7 Å². The maximum absolute atomic E-state index is 12.8. The summed E-state index contributed by atoms with van der Waals surface area (Å²) in [6, 6.07) is 4.26. The van der Waals surface area contributed by atoms with Crippen LogP contribution < -0.4 is 5.73 Å². The van der Waals surface area contributed by atoms with Crippen LogP contribution in [-0.2, 0) is 26.7 Å². The molecule has 0 spiro atoms. The van der Waals surface area contributed by atoms with Gasteiger partial charge in [-0.15, -0.1) is 0 Å². The van der Waals surface area contributed by atoms with Crippen LogP contribution in [0.2, 0.25) is 0 Å². The molecule has 0 aliphatic carbocycles. The molecular weight excluding hydrogens is 389 g/mol. The lowest BCUT2D eigenvalue weighted by atomic mass is 10.1. The van der Waals surface area contributed by atoms with E-state index < -0.39 is 27.5 Å². The molecule has 26 heavy (non-hydrogen) atoms. The molecule has 148 valence electrons. The summed E-state index contributed by atoms with van der Waals surface area (Å²) in [6.45, 7) is 2.87. The molecule has 0 bridgehead atoms. The number of ether oxygens (including phenoxy) is 1. The van der Waals surface area contributed by atoms with E-state index in [9.17, 15) is 21.6 Å². The van der Waals surface area contributed by atoms with Crippen LogP contribution in [0, 0.1) is 0 Å². The molecule has 0 aliphatic rings. The Labute approximate surface area is 157 Å². The van der Waals surface area contributed by atoms with E-state index in [0.29, 0.717) is 19.6 Å². The molecule has 0 amide bonds. The van der Waals surface area contributed by atoms with Crippen molar-refractivity contribution in [3.63, 3.8) is 0 Å². The Morgan fingerprint density at radius 2 is 2.00 bits per heavy atom. The SMILES string of the molecule is CCCOCCCN(CC(N)=S)S(=O)(=O)Cc1cccc(C(F)(F)F)c1. The number of nitrogens with two attached hydrogens (primary N) is 1. The van der Waals surface area contributed by atoms with Gasteiger partial charge >= 0.3 is 6.18 Å². The van der Waals surface area contributed by atoms with Crippen LogP contribution >= 0.6 is 12.2 Å². The highest BCUT2D eigenvalue weighted by molar-refractivity contribution is 7.88. The minimum atomic E-state index is -4.53. The fraction of sp³-hybridized carbons (Fsp3) is 0.562. The van der Waals surface area contributed by atoms with Crippen molar-refractivity contribution in [1.82, 2.24) is 4.31 Å². The third-order valence-corrected chi connectivity index (χ3v) is 5.30. The average Bonchev–Trinajstić information content (AvgIpc) is 2.52. The smallest absolute Gasteiger partial charge is 0.392 e. The Morgan fingerprint density at radius 1 is 1.31 bits per heavy atom. The molecule has 1 aromatic rings. The second-order valence-electron chi connectivity index (χ2n) is 5.72. The molecule has 0 unspecified atom stereocenters. The second kappa shape index (κ2) is 10.2. The zero-order valence-electron chi connectivity index (χ0n) is 14.5. The van der Waals surface area contributed by atoms with Gasteiger partial charge in [0, 0.05) is 19.8 Å². The molecule has 5 nitrogen and oxygen atoms in total. The maximum atomic E-state index is 12.8. The van der Waals surface area contributed by atoms with Crippen molar-refractivity contribution in [2.24, 2.45) is 5.73 Å². The van der Waals surface area contributed by atoms with E-state index in [1.54, 1.807) is 0 Å². The van der Waals surface area contributed by atoms with E-state index in [1.165, 1.54) is 12.1 Å². The van der Waals surface area contributed by atoms with E-state index in [0.717, 1.165) is 22.9 Å². The van der Waals surface area contributed by atoms with Gasteiger partial charge in [0.15, 0.2) is 0 Å². The monoisotopic (exact) mass is 412 g/mol. The van der Waals surface area contributed by atoms with Crippen LogP contribution in [0.1, 0.15) is 30.9 Å². The van der Waals surface area contributed by atoms with Gasteiger partial charge in [-0.2, -0.15) is 17.5 Å². The van der Waals surface area contributed by atoms with Crippen LogP contribution in [-0.4, -0.2) is 44.0 Å². The summed E-state index contributed by atoms with van der Waals surface area (Å²) in [5.41, 5.74) is 4.62. The molecule has 0 radical (unpaired) electrons. The number of halogens is 3. The van der Waals surface area contributed by atoms with E-state index in [1.807, 2.05) is 6.92 Å². The van der Waals surface area contributed by atoms with Gasteiger partial charge in [-0.05, 0) is 24.5 Å². The first-order chi connectivity index (χ1) is 12.1. The summed E-state index contributed by atoms with van der Waals surface area (Å²) in [5.74, 6) is -0.560. The number of alkyl halides is 3. The summed E-state index contributed by atoms with van der Waals surface area (Å²) < 4.78 is 70.0. The van der Waals surface area contributed by atoms with Gasteiger partial charge < -0.3 is 10.5 Å². The predicted octanol–water partition coefficient (Wildman–Crippen LogP) is 2.94. The maximum Gasteiger partial charge on any atom is 0.416 e. The van der Waals surface area contributed by atoms with Gasteiger partial charge in [-0.1, -0.05) is 37.3 Å². The molecule has 1 rings (SSSR count). The third kappa shape index (κ3) is 7.98. The Bertz CT molecular complexity index is 694. The van der Waals surface area contributed by atoms with Crippen LogP contribution in [0.25, 0.3) is 0 Å². The fourth-order valence-electron chi connectivity index (χ4n) is 2.22. The van der Waals surface area contributed by atoms with Crippen LogP contribution in [0.4, 0.5) is 13.2 Å². The molecule has 1 aromatic carbocycles. The van der Waals surface area contributed by atoms with Gasteiger partial charge in [-0.3, -0.25) is 0 Å². The zero-order chi connectivity index (χ0) is 19.8. The summed E-state index contributed by atoms with van der Waals surface area (Å²) in [6.07, 6.45) is -3.25. The van der Waals surface area contributed by atoms with Gasteiger partial charge in [0.1, 0.15) is 0 Å². The quantitative estimate of drug-likeness (QED) is 0.447. The Morgan fingerprint density at radius 3 is 2.58 bits per heavy atom. The van der Waals surface area contributed by atoms with Crippen molar-refractivity contribution < 1.29 is 26.3 Å². The standard InChI is InChI=1S/C16H23F3N2O3S2/c1-2-8-24-9-4-7-21(11-15(20)25)26(22,23)12-13-5-3-6-14(10-13)16(17,18)19/h3,5-6,10H,2,4,7-9,11-12H2,1H3,(H2,20,25). The van der Waals surface area contributed by atoms with Crippen LogP contribution in [0.15, 0.2) is 24.3 Å². The van der Waals surface area contributed by atoms with Gasteiger partial charge in [0.25, 0.3) is 0 Å². The molecule has 0 aliphatic heterocycles. The highest BCUT2D eigenvalue weighted by Crippen LogP contribution is 2.30. The molecular formula is C16H23F3N2O3S2. The fourth-order valence-corrected chi connectivity index (χ4v) is 3.98. The first kappa shape index (κ1) is 22.8. The molecule has 2 N–H and O–H groups in total. The number of sulfonamides is 1. The van der Waals surface area contributed by atoms with Crippen LogP contribution in [0.3, 0.4) is 0 Å². The zero-order valence-corrected chi connectivity index (χ0v) is 16.1. The number of thiocarbonyl (C=S) groups is 1. The largest absolute Gasteiger partial charge is 0.416 e. The Hall–Kier alpha value is -1.23. The van der Waals surface area contributed by atoms with Crippen molar-refractivity contribution in [2.75, 3.05) is 26.3 Å². The van der Waals surface area contributed by atoms with E-state index in [2.05, 4.69) is 0 Å².